The quantitative estimate of drug-likeness (QED) is 0.686. The molecule has 1 fully saturated rings. The van der Waals surface area contributed by atoms with E-state index in [1.807, 2.05) is 11.8 Å². The second-order valence-electron chi connectivity index (χ2n) is 8.35. The van der Waals surface area contributed by atoms with Crippen LogP contribution < -0.4 is 4.90 Å². The van der Waals surface area contributed by atoms with Crippen molar-refractivity contribution in [3.05, 3.63) is 54.0 Å². The van der Waals surface area contributed by atoms with E-state index in [4.69, 9.17) is 4.98 Å². The molecule has 0 aliphatic carbocycles. The van der Waals surface area contributed by atoms with Gasteiger partial charge >= 0.3 is 0 Å². The number of pyridine rings is 1. The van der Waals surface area contributed by atoms with E-state index in [9.17, 15) is 4.79 Å². The molecular formula is C21H26N6O. The minimum absolute atomic E-state index is 0.0248. The Labute approximate surface area is 165 Å². The summed E-state index contributed by atoms with van der Waals surface area (Å²) in [6.07, 6.45) is 7.43. The van der Waals surface area contributed by atoms with Gasteiger partial charge in [-0.05, 0) is 19.1 Å². The summed E-state index contributed by atoms with van der Waals surface area (Å²) in [6.45, 7) is 11.3. The van der Waals surface area contributed by atoms with Gasteiger partial charge in [0, 0.05) is 50.2 Å². The lowest BCUT2D eigenvalue weighted by atomic mass is 9.93. The van der Waals surface area contributed by atoms with Gasteiger partial charge in [-0.25, -0.2) is 9.97 Å². The van der Waals surface area contributed by atoms with Crippen molar-refractivity contribution in [3.8, 4) is 0 Å². The molecule has 0 bridgehead atoms. The standard InChI is InChI=1S/C21H26N6O/c1-15-11-23-17(12-22-15)20(28)26-9-7-25(8-10-26)16-5-6-19-24-18(21(2,3)4)14-27(19)13-16/h5-6,11-14H,7-10H2,1-4H3. The fraction of sp³-hybridized carbons (Fsp3) is 0.429. The van der Waals surface area contributed by atoms with Gasteiger partial charge in [-0.3, -0.25) is 9.78 Å². The van der Waals surface area contributed by atoms with Gasteiger partial charge in [-0.2, -0.15) is 0 Å². The van der Waals surface area contributed by atoms with Crippen LogP contribution in [0.1, 0.15) is 42.6 Å². The third-order valence-corrected chi connectivity index (χ3v) is 5.14. The molecule has 3 aromatic rings. The van der Waals surface area contributed by atoms with Gasteiger partial charge in [-0.1, -0.05) is 20.8 Å². The van der Waals surface area contributed by atoms with Gasteiger partial charge in [-0.15, -0.1) is 0 Å². The van der Waals surface area contributed by atoms with Crippen molar-refractivity contribution in [2.75, 3.05) is 31.1 Å². The summed E-state index contributed by atoms with van der Waals surface area (Å²) >= 11 is 0. The number of nitrogens with zero attached hydrogens (tertiary/aromatic N) is 6. The van der Waals surface area contributed by atoms with Gasteiger partial charge in [0.05, 0.1) is 23.3 Å². The van der Waals surface area contributed by atoms with E-state index in [0.29, 0.717) is 18.8 Å². The molecule has 0 atom stereocenters. The van der Waals surface area contributed by atoms with E-state index >= 15 is 0 Å². The lowest BCUT2D eigenvalue weighted by Gasteiger charge is -2.35. The maximum absolute atomic E-state index is 12.6. The van der Waals surface area contributed by atoms with Gasteiger partial charge in [0.2, 0.25) is 0 Å². The molecule has 0 saturated carbocycles. The molecule has 146 valence electrons. The van der Waals surface area contributed by atoms with Crippen molar-refractivity contribution in [2.24, 2.45) is 0 Å². The first-order valence-electron chi connectivity index (χ1n) is 9.63. The third kappa shape index (κ3) is 3.56. The maximum Gasteiger partial charge on any atom is 0.274 e. The molecule has 7 nitrogen and oxygen atoms in total. The zero-order valence-corrected chi connectivity index (χ0v) is 16.9. The summed E-state index contributed by atoms with van der Waals surface area (Å²) < 4.78 is 2.09. The molecule has 1 aliphatic heterocycles. The Kier molecular flexibility index (Phi) is 4.53. The number of anilines is 1. The Morgan fingerprint density at radius 3 is 2.39 bits per heavy atom. The Morgan fingerprint density at radius 2 is 1.75 bits per heavy atom. The molecular weight excluding hydrogens is 352 g/mol. The smallest absolute Gasteiger partial charge is 0.274 e. The molecule has 0 spiro atoms. The third-order valence-electron chi connectivity index (χ3n) is 5.14. The van der Waals surface area contributed by atoms with Crippen LogP contribution in [0.3, 0.4) is 0 Å². The Balaban J connectivity index is 1.46. The highest BCUT2D eigenvalue weighted by Crippen LogP contribution is 2.24. The molecule has 1 amide bonds. The average molecular weight is 378 g/mol. The summed E-state index contributed by atoms with van der Waals surface area (Å²) in [5, 5.41) is 0. The Hall–Kier alpha value is -2.96. The molecule has 4 rings (SSSR count). The van der Waals surface area contributed by atoms with E-state index in [0.717, 1.165) is 35.8 Å². The molecule has 1 saturated heterocycles. The minimum Gasteiger partial charge on any atom is -0.367 e. The maximum atomic E-state index is 12.6. The second kappa shape index (κ2) is 6.89. The normalized spacial score (nSPS) is 15.3. The first-order chi connectivity index (χ1) is 13.3. The largest absolute Gasteiger partial charge is 0.367 e. The number of carbonyl (C=O) groups is 1. The van der Waals surface area contributed by atoms with Crippen LogP contribution in [0.2, 0.25) is 0 Å². The predicted octanol–water partition coefficient (Wildman–Crippen LogP) is 2.69. The fourth-order valence-electron chi connectivity index (χ4n) is 3.36. The van der Waals surface area contributed by atoms with Crippen molar-refractivity contribution >= 4 is 17.2 Å². The van der Waals surface area contributed by atoms with E-state index in [2.05, 4.69) is 64.6 Å². The number of amides is 1. The molecule has 3 aromatic heterocycles. The van der Waals surface area contributed by atoms with Gasteiger partial charge in [0.15, 0.2) is 0 Å². The van der Waals surface area contributed by atoms with Crippen LogP contribution in [-0.2, 0) is 5.41 Å². The van der Waals surface area contributed by atoms with Crippen molar-refractivity contribution in [3.63, 3.8) is 0 Å². The number of aryl methyl sites for hydroxylation is 1. The van der Waals surface area contributed by atoms with Crippen molar-refractivity contribution in [1.29, 1.82) is 0 Å². The zero-order chi connectivity index (χ0) is 19.9. The molecule has 28 heavy (non-hydrogen) atoms. The SMILES string of the molecule is Cc1cnc(C(=O)N2CCN(c3ccc4nc(C(C)(C)C)cn4c3)CC2)cn1. The minimum atomic E-state index is -0.0490. The molecule has 0 radical (unpaired) electrons. The van der Waals surface area contributed by atoms with Gasteiger partial charge in [0.1, 0.15) is 11.3 Å². The van der Waals surface area contributed by atoms with Crippen LogP contribution in [0, 0.1) is 6.92 Å². The molecule has 1 aliphatic rings. The van der Waals surface area contributed by atoms with E-state index < -0.39 is 0 Å². The topological polar surface area (TPSA) is 66.6 Å². The summed E-state index contributed by atoms with van der Waals surface area (Å²) in [7, 11) is 0. The highest BCUT2D eigenvalue weighted by molar-refractivity contribution is 5.92. The van der Waals surface area contributed by atoms with Crippen molar-refractivity contribution in [1.82, 2.24) is 24.3 Å². The second-order valence-corrected chi connectivity index (χ2v) is 8.35. The number of fused-ring (bicyclic) bond motifs is 1. The monoisotopic (exact) mass is 378 g/mol. The summed E-state index contributed by atoms with van der Waals surface area (Å²) in [5.74, 6) is -0.0490. The number of carbonyl (C=O) groups excluding carboxylic acids is 1. The first kappa shape index (κ1) is 18.4. The van der Waals surface area contributed by atoms with Crippen LogP contribution >= 0.6 is 0 Å². The lowest BCUT2D eigenvalue weighted by molar-refractivity contribution is 0.0740. The van der Waals surface area contributed by atoms with Crippen LogP contribution in [0.4, 0.5) is 5.69 Å². The molecule has 0 aromatic carbocycles. The number of rotatable bonds is 2. The van der Waals surface area contributed by atoms with E-state index in [1.54, 1.807) is 12.4 Å². The summed E-state index contributed by atoms with van der Waals surface area (Å²) in [4.78, 5) is 29.9. The predicted molar refractivity (Wildman–Crippen MR) is 109 cm³/mol. The van der Waals surface area contributed by atoms with Crippen molar-refractivity contribution < 1.29 is 4.79 Å². The van der Waals surface area contributed by atoms with Crippen LogP contribution in [0.25, 0.3) is 5.65 Å². The number of hydrogen-bond donors (Lipinski definition) is 0. The number of piperazine rings is 1. The van der Waals surface area contributed by atoms with Crippen LogP contribution in [0.15, 0.2) is 36.9 Å². The number of imidazole rings is 1. The molecule has 4 heterocycles. The lowest BCUT2D eigenvalue weighted by Crippen LogP contribution is -2.49. The average Bonchev–Trinajstić information content (AvgIpc) is 3.12. The highest BCUT2D eigenvalue weighted by atomic mass is 16.2. The van der Waals surface area contributed by atoms with Crippen molar-refractivity contribution in [2.45, 2.75) is 33.1 Å². The summed E-state index contributed by atoms with van der Waals surface area (Å²) in [6, 6.07) is 4.17. The van der Waals surface area contributed by atoms with Gasteiger partial charge < -0.3 is 14.2 Å². The molecule has 0 N–H and O–H groups in total. The molecule has 7 heteroatoms. The Morgan fingerprint density at radius 1 is 1.00 bits per heavy atom. The Bertz CT molecular complexity index is 994. The fourth-order valence-corrected chi connectivity index (χ4v) is 3.36. The number of hydrogen-bond acceptors (Lipinski definition) is 5. The van der Waals surface area contributed by atoms with E-state index in [-0.39, 0.29) is 11.3 Å². The van der Waals surface area contributed by atoms with Crippen LogP contribution in [-0.4, -0.2) is 56.3 Å². The zero-order valence-electron chi connectivity index (χ0n) is 16.9. The van der Waals surface area contributed by atoms with Gasteiger partial charge in [0.25, 0.3) is 5.91 Å². The highest BCUT2D eigenvalue weighted by Gasteiger charge is 2.24. The van der Waals surface area contributed by atoms with E-state index in [1.165, 1.54) is 0 Å². The summed E-state index contributed by atoms with van der Waals surface area (Å²) in [5.41, 5.74) is 4.43. The van der Waals surface area contributed by atoms with Crippen LogP contribution in [0.5, 0.6) is 0 Å². The first-order valence-corrected chi connectivity index (χ1v) is 9.63. The number of aromatic nitrogens is 4. The molecule has 0 unspecified atom stereocenters.